The average molecular weight is 277 g/mol. The Balaban J connectivity index is 1.16. The summed E-state index contributed by atoms with van der Waals surface area (Å²) < 4.78 is 0. The second-order valence-electron chi connectivity index (χ2n) is 7.64. The molecule has 2 aliphatic heterocycles. The van der Waals surface area contributed by atoms with Crippen LogP contribution in [0, 0.1) is 11.8 Å². The molecule has 1 unspecified atom stereocenters. The molecule has 1 atom stereocenters. The molecule has 2 heterocycles. The van der Waals surface area contributed by atoms with Gasteiger partial charge in [-0.25, -0.2) is 0 Å². The summed E-state index contributed by atoms with van der Waals surface area (Å²) in [4.78, 5) is 5.44. The predicted molar refractivity (Wildman–Crippen MR) is 82.9 cm³/mol. The number of rotatable bonds is 7. The maximum absolute atomic E-state index is 3.90. The Morgan fingerprint density at radius 3 is 2.25 bits per heavy atom. The van der Waals surface area contributed by atoms with Crippen LogP contribution in [0.25, 0.3) is 0 Å². The fraction of sp³-hybridized carbons (Fsp3) is 1.00. The first-order chi connectivity index (χ1) is 9.90. The quantitative estimate of drug-likeness (QED) is 0.767. The third-order valence-electron chi connectivity index (χ3n) is 5.97. The standard InChI is InChI=1S/C17H31N3/c1-2-10-20(9-1)16-7-11-19(13-16)12-8-18-17(14-3-4-14)15-5-6-15/h14-18H,1-13H2. The van der Waals surface area contributed by atoms with Crippen LogP contribution in [0.1, 0.15) is 44.9 Å². The summed E-state index contributed by atoms with van der Waals surface area (Å²) >= 11 is 0. The summed E-state index contributed by atoms with van der Waals surface area (Å²) in [5.74, 6) is 2.08. The van der Waals surface area contributed by atoms with Crippen molar-refractivity contribution in [2.24, 2.45) is 11.8 Å². The van der Waals surface area contributed by atoms with Crippen LogP contribution >= 0.6 is 0 Å². The zero-order chi connectivity index (χ0) is 13.4. The van der Waals surface area contributed by atoms with Gasteiger partial charge in [-0.3, -0.25) is 4.90 Å². The molecule has 114 valence electrons. The highest BCUT2D eigenvalue weighted by Crippen LogP contribution is 2.44. The molecule has 4 aliphatic rings. The molecule has 0 aromatic heterocycles. The van der Waals surface area contributed by atoms with Gasteiger partial charge >= 0.3 is 0 Å². The summed E-state index contributed by atoms with van der Waals surface area (Å²) in [6.07, 6.45) is 10.3. The van der Waals surface area contributed by atoms with Gasteiger partial charge < -0.3 is 10.2 Å². The van der Waals surface area contributed by atoms with Crippen molar-refractivity contribution in [1.29, 1.82) is 0 Å². The fourth-order valence-electron chi connectivity index (χ4n) is 4.44. The van der Waals surface area contributed by atoms with Gasteiger partial charge in [0, 0.05) is 31.7 Å². The Kier molecular flexibility index (Phi) is 4.02. The molecular formula is C17H31N3. The number of nitrogens with one attached hydrogen (secondary N) is 1. The van der Waals surface area contributed by atoms with Crippen molar-refractivity contribution in [2.75, 3.05) is 39.3 Å². The third kappa shape index (κ3) is 3.20. The minimum atomic E-state index is 0.875. The lowest BCUT2D eigenvalue weighted by Gasteiger charge is -2.24. The molecule has 4 rings (SSSR count). The molecule has 3 heteroatoms. The fourth-order valence-corrected chi connectivity index (χ4v) is 4.44. The Labute approximate surface area is 124 Å². The van der Waals surface area contributed by atoms with Crippen LogP contribution in [-0.2, 0) is 0 Å². The van der Waals surface area contributed by atoms with Gasteiger partial charge in [0.1, 0.15) is 0 Å². The molecule has 0 amide bonds. The Morgan fingerprint density at radius 2 is 1.60 bits per heavy atom. The maximum atomic E-state index is 3.90. The molecule has 2 saturated heterocycles. The molecule has 0 spiro atoms. The van der Waals surface area contributed by atoms with Crippen LogP contribution in [0.15, 0.2) is 0 Å². The second-order valence-corrected chi connectivity index (χ2v) is 7.64. The molecule has 3 nitrogen and oxygen atoms in total. The van der Waals surface area contributed by atoms with E-state index in [-0.39, 0.29) is 0 Å². The van der Waals surface area contributed by atoms with Gasteiger partial charge in [-0.15, -0.1) is 0 Å². The lowest BCUT2D eigenvalue weighted by Crippen LogP contribution is -2.40. The zero-order valence-corrected chi connectivity index (χ0v) is 12.9. The van der Waals surface area contributed by atoms with Crippen molar-refractivity contribution in [3.8, 4) is 0 Å². The summed E-state index contributed by atoms with van der Waals surface area (Å²) in [5.41, 5.74) is 0. The summed E-state index contributed by atoms with van der Waals surface area (Å²) in [6.45, 7) is 7.90. The largest absolute Gasteiger partial charge is 0.312 e. The van der Waals surface area contributed by atoms with Gasteiger partial charge in [0.05, 0.1) is 0 Å². The molecular weight excluding hydrogens is 246 g/mol. The van der Waals surface area contributed by atoms with Crippen molar-refractivity contribution in [1.82, 2.24) is 15.1 Å². The molecule has 0 radical (unpaired) electrons. The maximum Gasteiger partial charge on any atom is 0.0235 e. The van der Waals surface area contributed by atoms with Crippen LogP contribution in [0.4, 0.5) is 0 Å². The summed E-state index contributed by atoms with van der Waals surface area (Å²) in [7, 11) is 0. The summed E-state index contributed by atoms with van der Waals surface area (Å²) in [6, 6.07) is 1.76. The van der Waals surface area contributed by atoms with Crippen LogP contribution in [0.3, 0.4) is 0 Å². The third-order valence-corrected chi connectivity index (χ3v) is 5.97. The molecule has 4 fully saturated rings. The van der Waals surface area contributed by atoms with Gasteiger partial charge in [0.15, 0.2) is 0 Å². The lowest BCUT2D eigenvalue weighted by molar-refractivity contribution is 0.230. The minimum absolute atomic E-state index is 0.875. The van der Waals surface area contributed by atoms with E-state index in [4.69, 9.17) is 0 Å². The van der Waals surface area contributed by atoms with Crippen molar-refractivity contribution < 1.29 is 0 Å². The van der Waals surface area contributed by atoms with E-state index in [1.807, 2.05) is 0 Å². The molecule has 0 aromatic rings. The van der Waals surface area contributed by atoms with E-state index in [1.165, 1.54) is 84.2 Å². The number of nitrogens with zero attached hydrogens (tertiary/aromatic N) is 2. The number of hydrogen-bond donors (Lipinski definition) is 1. The van der Waals surface area contributed by atoms with Gasteiger partial charge in [-0.1, -0.05) is 0 Å². The van der Waals surface area contributed by atoms with Crippen molar-refractivity contribution >= 4 is 0 Å². The first-order valence-electron chi connectivity index (χ1n) is 9.10. The van der Waals surface area contributed by atoms with Gasteiger partial charge in [-0.05, 0) is 76.4 Å². The Bertz CT molecular complexity index is 306. The van der Waals surface area contributed by atoms with Crippen molar-refractivity contribution in [3.05, 3.63) is 0 Å². The first kappa shape index (κ1) is 13.5. The summed E-state index contributed by atoms with van der Waals surface area (Å²) in [5, 5.41) is 3.90. The molecule has 20 heavy (non-hydrogen) atoms. The van der Waals surface area contributed by atoms with Crippen molar-refractivity contribution in [3.63, 3.8) is 0 Å². The average Bonchev–Trinajstić information content (AvgIpc) is 3.37. The molecule has 2 aliphatic carbocycles. The van der Waals surface area contributed by atoms with Crippen LogP contribution in [0.5, 0.6) is 0 Å². The van der Waals surface area contributed by atoms with Gasteiger partial charge in [0.2, 0.25) is 0 Å². The highest BCUT2D eigenvalue weighted by molar-refractivity contribution is 4.96. The van der Waals surface area contributed by atoms with E-state index in [0.717, 1.165) is 23.9 Å². The SMILES string of the molecule is C1CCN(C2CCN(CCNC(C3CC3)C3CC3)C2)C1. The normalized spacial score (nSPS) is 32.5. The molecule has 0 aromatic carbocycles. The van der Waals surface area contributed by atoms with E-state index in [0.29, 0.717) is 0 Å². The van der Waals surface area contributed by atoms with E-state index < -0.39 is 0 Å². The van der Waals surface area contributed by atoms with Crippen LogP contribution in [0.2, 0.25) is 0 Å². The van der Waals surface area contributed by atoms with E-state index >= 15 is 0 Å². The Hall–Kier alpha value is -0.120. The minimum Gasteiger partial charge on any atom is -0.312 e. The monoisotopic (exact) mass is 277 g/mol. The Morgan fingerprint density at radius 1 is 0.900 bits per heavy atom. The predicted octanol–water partition coefficient (Wildman–Crippen LogP) is 1.93. The number of likely N-dealkylation sites (tertiary alicyclic amines) is 2. The molecule has 2 saturated carbocycles. The van der Waals surface area contributed by atoms with Gasteiger partial charge in [0.25, 0.3) is 0 Å². The van der Waals surface area contributed by atoms with Crippen molar-refractivity contribution in [2.45, 2.75) is 57.0 Å². The lowest BCUT2D eigenvalue weighted by atomic mass is 10.1. The number of hydrogen-bond acceptors (Lipinski definition) is 3. The van der Waals surface area contributed by atoms with E-state index in [9.17, 15) is 0 Å². The first-order valence-corrected chi connectivity index (χ1v) is 9.10. The molecule has 0 bridgehead atoms. The van der Waals surface area contributed by atoms with E-state index in [2.05, 4.69) is 15.1 Å². The molecule has 1 N–H and O–H groups in total. The van der Waals surface area contributed by atoms with E-state index in [1.54, 1.807) is 0 Å². The van der Waals surface area contributed by atoms with Gasteiger partial charge in [-0.2, -0.15) is 0 Å². The van der Waals surface area contributed by atoms with Crippen LogP contribution < -0.4 is 5.32 Å². The second kappa shape index (κ2) is 5.94. The zero-order valence-electron chi connectivity index (χ0n) is 12.9. The highest BCUT2D eigenvalue weighted by atomic mass is 15.3. The smallest absolute Gasteiger partial charge is 0.0235 e. The van der Waals surface area contributed by atoms with Crippen LogP contribution in [-0.4, -0.2) is 61.2 Å². The highest BCUT2D eigenvalue weighted by Gasteiger charge is 2.41. The topological polar surface area (TPSA) is 18.5 Å².